The SMILES string of the molecule is CCON=Cc1ccc(C[N+]2([O-])CCC(C(O)(c3ccc(OC(F)(F)F)cc3)c3ccc(OC(F)(F)F)cc3)CC2)cc1. The molecule has 1 saturated heterocycles. The van der Waals surface area contributed by atoms with Crippen LogP contribution in [0.2, 0.25) is 0 Å². The van der Waals surface area contributed by atoms with E-state index in [0.29, 0.717) is 6.61 Å². The van der Waals surface area contributed by atoms with Crippen molar-refractivity contribution in [1.82, 2.24) is 0 Å². The Bertz CT molecular complexity index is 1290. The van der Waals surface area contributed by atoms with Gasteiger partial charge >= 0.3 is 12.7 Å². The predicted octanol–water partition coefficient (Wildman–Crippen LogP) is 7.01. The Morgan fingerprint density at radius 2 is 1.28 bits per heavy atom. The summed E-state index contributed by atoms with van der Waals surface area (Å²) >= 11 is 0. The normalized spacial score (nSPS) is 19.8. The molecular formula is C30H30F6N2O5. The minimum atomic E-state index is -4.91. The fraction of sp³-hybridized carbons (Fsp3) is 0.367. The van der Waals surface area contributed by atoms with Gasteiger partial charge in [-0.15, -0.1) is 26.3 Å². The highest BCUT2D eigenvalue weighted by molar-refractivity contribution is 5.79. The van der Waals surface area contributed by atoms with Crippen molar-refractivity contribution in [3.63, 3.8) is 0 Å². The number of oxime groups is 1. The zero-order valence-corrected chi connectivity index (χ0v) is 23.1. The number of piperidine rings is 1. The Kier molecular flexibility index (Phi) is 9.57. The van der Waals surface area contributed by atoms with Crippen LogP contribution in [0, 0.1) is 11.1 Å². The standard InChI is InChI=1S/C30H30F6N2O5/c1-2-41-37-19-21-3-5-22(6-4-21)20-38(40)17-15-25(16-18-38)28(39,23-7-11-26(12-8-23)42-29(31,32)33)24-9-13-27(14-10-24)43-30(34,35)36/h3-14,19,25,39H,2,15-18,20H2,1H3. The van der Waals surface area contributed by atoms with Gasteiger partial charge in [0.15, 0.2) is 0 Å². The Morgan fingerprint density at radius 1 is 0.814 bits per heavy atom. The van der Waals surface area contributed by atoms with E-state index in [9.17, 15) is 36.7 Å². The topological polar surface area (TPSA) is 83.3 Å². The molecule has 13 heteroatoms. The summed E-state index contributed by atoms with van der Waals surface area (Å²) in [5.74, 6) is -1.57. The zero-order valence-electron chi connectivity index (χ0n) is 23.1. The molecule has 7 nitrogen and oxygen atoms in total. The highest BCUT2D eigenvalue weighted by Crippen LogP contribution is 2.44. The molecule has 1 N–H and O–H groups in total. The number of nitrogens with zero attached hydrogens (tertiary/aromatic N) is 2. The average Bonchev–Trinajstić information content (AvgIpc) is 2.93. The molecule has 1 fully saturated rings. The average molecular weight is 613 g/mol. The smallest absolute Gasteiger partial charge is 0.573 e. The molecular weight excluding hydrogens is 582 g/mol. The molecule has 43 heavy (non-hydrogen) atoms. The quantitative estimate of drug-likeness (QED) is 0.0876. The van der Waals surface area contributed by atoms with Gasteiger partial charge in [0, 0.05) is 24.3 Å². The Hall–Kier alpha value is -3.81. The molecule has 1 aliphatic rings. The Morgan fingerprint density at radius 3 is 1.70 bits per heavy atom. The summed E-state index contributed by atoms with van der Waals surface area (Å²) < 4.78 is 83.5. The second kappa shape index (κ2) is 12.8. The van der Waals surface area contributed by atoms with Crippen LogP contribution >= 0.6 is 0 Å². The third-order valence-corrected chi connectivity index (χ3v) is 7.27. The molecule has 1 heterocycles. The first-order valence-corrected chi connectivity index (χ1v) is 13.5. The van der Waals surface area contributed by atoms with Crippen LogP contribution in [0.4, 0.5) is 26.3 Å². The fourth-order valence-electron chi connectivity index (χ4n) is 5.29. The van der Waals surface area contributed by atoms with Crippen molar-refractivity contribution in [1.29, 1.82) is 0 Å². The summed E-state index contributed by atoms with van der Waals surface area (Å²) in [5.41, 5.74) is 0.174. The third-order valence-electron chi connectivity index (χ3n) is 7.27. The van der Waals surface area contributed by atoms with Gasteiger partial charge in [0.1, 0.15) is 30.3 Å². The van der Waals surface area contributed by atoms with E-state index in [2.05, 4.69) is 14.6 Å². The largest absolute Gasteiger partial charge is 0.633 e. The molecule has 0 bridgehead atoms. The molecule has 232 valence electrons. The highest BCUT2D eigenvalue weighted by Gasteiger charge is 2.44. The second-order valence-corrected chi connectivity index (χ2v) is 10.2. The van der Waals surface area contributed by atoms with Gasteiger partial charge in [-0.25, -0.2) is 0 Å². The first-order valence-electron chi connectivity index (χ1n) is 13.5. The third kappa shape index (κ3) is 8.62. The van der Waals surface area contributed by atoms with Gasteiger partial charge in [0.25, 0.3) is 0 Å². The van der Waals surface area contributed by atoms with Crippen LogP contribution in [-0.2, 0) is 17.0 Å². The summed E-state index contributed by atoms with van der Waals surface area (Å²) in [5, 5.41) is 29.6. The molecule has 1 aliphatic heterocycles. The van der Waals surface area contributed by atoms with E-state index in [1.54, 1.807) is 6.21 Å². The molecule has 0 aliphatic carbocycles. The molecule has 0 atom stereocenters. The number of quaternary nitrogens is 1. The van der Waals surface area contributed by atoms with Gasteiger partial charge in [-0.3, -0.25) is 0 Å². The van der Waals surface area contributed by atoms with Gasteiger partial charge < -0.3 is 29.3 Å². The van der Waals surface area contributed by atoms with Crippen molar-refractivity contribution in [2.24, 2.45) is 11.1 Å². The van der Waals surface area contributed by atoms with E-state index in [0.717, 1.165) is 35.4 Å². The molecule has 0 unspecified atom stereocenters. The number of rotatable bonds is 10. The molecule has 0 radical (unpaired) electrons. The minimum Gasteiger partial charge on any atom is -0.633 e. The molecule has 3 aromatic carbocycles. The van der Waals surface area contributed by atoms with Crippen molar-refractivity contribution >= 4 is 6.21 Å². The predicted molar refractivity (Wildman–Crippen MR) is 145 cm³/mol. The molecule has 0 aromatic heterocycles. The number of aliphatic hydroxyl groups is 1. The van der Waals surface area contributed by atoms with E-state index < -0.39 is 40.4 Å². The van der Waals surface area contributed by atoms with Crippen LogP contribution < -0.4 is 9.47 Å². The lowest BCUT2D eigenvalue weighted by atomic mass is 9.72. The second-order valence-electron chi connectivity index (χ2n) is 10.2. The molecule has 0 amide bonds. The van der Waals surface area contributed by atoms with Crippen LogP contribution in [0.1, 0.15) is 42.0 Å². The number of hydrogen-bond donors (Lipinski definition) is 1. The van der Waals surface area contributed by atoms with Crippen LogP contribution in [0.3, 0.4) is 0 Å². The molecule has 0 saturated carbocycles. The van der Waals surface area contributed by atoms with Crippen molar-refractivity contribution in [3.8, 4) is 11.5 Å². The number of hydroxylamine groups is 3. The van der Waals surface area contributed by atoms with Crippen molar-refractivity contribution in [3.05, 3.63) is 100 Å². The monoisotopic (exact) mass is 612 g/mol. The zero-order chi connectivity index (χ0) is 31.3. The lowest BCUT2D eigenvalue weighted by molar-refractivity contribution is -0.900. The molecule has 0 spiro atoms. The van der Waals surface area contributed by atoms with Gasteiger partial charge in [-0.2, -0.15) is 0 Å². The van der Waals surface area contributed by atoms with E-state index in [1.807, 2.05) is 31.2 Å². The van der Waals surface area contributed by atoms with E-state index in [4.69, 9.17) is 4.84 Å². The molecule has 3 aromatic rings. The number of benzene rings is 3. The number of halogens is 6. The van der Waals surface area contributed by atoms with Gasteiger partial charge in [0.05, 0.1) is 19.3 Å². The van der Waals surface area contributed by atoms with Gasteiger partial charge in [-0.05, 0) is 47.9 Å². The number of ether oxygens (including phenoxy) is 2. The van der Waals surface area contributed by atoms with Crippen molar-refractivity contribution < 1.29 is 50.4 Å². The number of likely N-dealkylation sites (tertiary alicyclic amines) is 1. The van der Waals surface area contributed by atoms with Gasteiger partial charge in [0.2, 0.25) is 0 Å². The molecule has 4 rings (SSSR count). The van der Waals surface area contributed by atoms with Crippen LogP contribution in [0.15, 0.2) is 78.0 Å². The number of hydrogen-bond acceptors (Lipinski definition) is 6. The summed E-state index contributed by atoms with van der Waals surface area (Å²) in [6.45, 7) is 2.70. The van der Waals surface area contributed by atoms with E-state index in [-0.39, 0.29) is 43.6 Å². The summed E-state index contributed by atoms with van der Waals surface area (Å²) in [6, 6.07) is 16.5. The maximum atomic E-state index is 13.7. The summed E-state index contributed by atoms with van der Waals surface area (Å²) in [6.07, 6.45) is -7.80. The number of alkyl halides is 6. The van der Waals surface area contributed by atoms with Gasteiger partial charge in [-0.1, -0.05) is 53.7 Å². The maximum absolute atomic E-state index is 13.7. The summed E-state index contributed by atoms with van der Waals surface area (Å²) in [7, 11) is 0. The van der Waals surface area contributed by atoms with Crippen LogP contribution in [0.25, 0.3) is 0 Å². The highest BCUT2D eigenvalue weighted by atomic mass is 19.4. The van der Waals surface area contributed by atoms with Crippen molar-refractivity contribution in [2.45, 2.75) is 44.6 Å². The first kappa shape index (κ1) is 32.1. The van der Waals surface area contributed by atoms with E-state index in [1.165, 1.54) is 24.3 Å². The van der Waals surface area contributed by atoms with Crippen LogP contribution in [0.5, 0.6) is 11.5 Å². The lowest BCUT2D eigenvalue weighted by Gasteiger charge is -2.50. The first-order chi connectivity index (χ1) is 20.2. The van der Waals surface area contributed by atoms with E-state index >= 15 is 0 Å². The Balaban J connectivity index is 1.55. The summed E-state index contributed by atoms with van der Waals surface area (Å²) in [4.78, 5) is 4.95. The Labute approximate surface area is 244 Å². The minimum absolute atomic E-state index is 0.130. The maximum Gasteiger partial charge on any atom is 0.573 e. The van der Waals surface area contributed by atoms with Crippen LogP contribution in [-0.4, -0.2) is 48.4 Å². The lowest BCUT2D eigenvalue weighted by Crippen LogP contribution is -2.51. The van der Waals surface area contributed by atoms with Crippen molar-refractivity contribution in [2.75, 3.05) is 19.7 Å². The fourth-order valence-corrected chi connectivity index (χ4v) is 5.29.